The van der Waals surface area contributed by atoms with Crippen molar-refractivity contribution in [1.29, 1.82) is 0 Å². The summed E-state index contributed by atoms with van der Waals surface area (Å²) in [4.78, 5) is 11.2. The molecule has 0 bridgehead atoms. The lowest BCUT2D eigenvalue weighted by Crippen LogP contribution is -2.07. The van der Waals surface area contributed by atoms with Crippen molar-refractivity contribution in [1.82, 2.24) is 0 Å². The summed E-state index contributed by atoms with van der Waals surface area (Å²) in [7, 11) is 0. The zero-order chi connectivity index (χ0) is 10.1. The van der Waals surface area contributed by atoms with Gasteiger partial charge in [-0.05, 0) is 31.0 Å². The van der Waals surface area contributed by atoms with Gasteiger partial charge in [-0.3, -0.25) is 0 Å². The predicted molar refractivity (Wildman–Crippen MR) is 44.8 cm³/mol. The maximum Gasteiger partial charge on any atom is 0.338 e. The van der Waals surface area contributed by atoms with E-state index in [0.717, 1.165) is 25.0 Å². The summed E-state index contributed by atoms with van der Waals surface area (Å²) in [6, 6.07) is 2.97. The van der Waals surface area contributed by atoms with Crippen LogP contribution in [0.15, 0.2) is 18.2 Å². The summed E-state index contributed by atoms with van der Waals surface area (Å²) in [6.07, 6.45) is 1.68. The Balaban J connectivity index is 2.14. The van der Waals surface area contributed by atoms with Gasteiger partial charge in [0, 0.05) is 0 Å². The Morgan fingerprint density at radius 2 is 2.00 bits per heavy atom. The molecule has 0 aromatic heterocycles. The van der Waals surface area contributed by atoms with Crippen LogP contribution in [0.4, 0.5) is 8.78 Å². The first-order valence-corrected chi connectivity index (χ1v) is 4.33. The van der Waals surface area contributed by atoms with Gasteiger partial charge in [-0.2, -0.15) is 0 Å². The van der Waals surface area contributed by atoms with Crippen LogP contribution >= 0.6 is 0 Å². The lowest BCUT2D eigenvalue weighted by Gasteiger charge is -2.02. The number of hydrogen-bond acceptors (Lipinski definition) is 2. The summed E-state index contributed by atoms with van der Waals surface area (Å²) in [5, 5.41) is 0. The minimum Gasteiger partial charge on any atom is -0.459 e. The molecule has 2 rings (SSSR count). The van der Waals surface area contributed by atoms with E-state index in [-0.39, 0.29) is 11.7 Å². The molecule has 14 heavy (non-hydrogen) atoms. The lowest BCUT2D eigenvalue weighted by molar-refractivity contribution is 0.0471. The van der Waals surface area contributed by atoms with Crippen LogP contribution in [-0.2, 0) is 4.74 Å². The molecule has 4 heteroatoms. The third-order valence-corrected chi connectivity index (χ3v) is 1.95. The molecule has 0 aliphatic heterocycles. The molecule has 0 saturated heterocycles. The van der Waals surface area contributed by atoms with E-state index in [9.17, 15) is 13.6 Å². The lowest BCUT2D eigenvalue weighted by atomic mass is 10.2. The zero-order valence-electron chi connectivity index (χ0n) is 7.30. The molecular formula is C10H8F2O2. The van der Waals surface area contributed by atoms with E-state index in [0.29, 0.717) is 0 Å². The van der Waals surface area contributed by atoms with Crippen molar-refractivity contribution >= 4 is 5.97 Å². The topological polar surface area (TPSA) is 26.3 Å². The summed E-state index contributed by atoms with van der Waals surface area (Å²) >= 11 is 0. The summed E-state index contributed by atoms with van der Waals surface area (Å²) in [5.41, 5.74) is 0.0517. The van der Waals surface area contributed by atoms with Gasteiger partial charge in [-0.1, -0.05) is 0 Å². The zero-order valence-corrected chi connectivity index (χ0v) is 7.30. The van der Waals surface area contributed by atoms with Gasteiger partial charge in [-0.25, -0.2) is 13.6 Å². The van der Waals surface area contributed by atoms with Crippen LogP contribution in [-0.4, -0.2) is 12.1 Å². The van der Waals surface area contributed by atoms with Crippen molar-refractivity contribution in [3.05, 3.63) is 35.4 Å². The standard InChI is InChI=1S/C10H8F2O2/c11-8-4-1-6(5-9(8)12)10(13)14-7-2-3-7/h1,4-5,7H,2-3H2. The van der Waals surface area contributed by atoms with Crippen molar-refractivity contribution in [2.24, 2.45) is 0 Å². The van der Waals surface area contributed by atoms with E-state index >= 15 is 0 Å². The minimum absolute atomic E-state index is 0.0318. The van der Waals surface area contributed by atoms with Crippen LogP contribution < -0.4 is 0 Å². The Morgan fingerprint density at radius 3 is 2.57 bits per heavy atom. The number of ether oxygens (including phenoxy) is 1. The van der Waals surface area contributed by atoms with E-state index in [4.69, 9.17) is 4.74 Å². The fraction of sp³-hybridized carbons (Fsp3) is 0.300. The molecular weight excluding hydrogens is 190 g/mol. The highest BCUT2D eigenvalue weighted by molar-refractivity contribution is 5.89. The van der Waals surface area contributed by atoms with Gasteiger partial charge < -0.3 is 4.74 Å². The van der Waals surface area contributed by atoms with Crippen LogP contribution in [0.2, 0.25) is 0 Å². The van der Waals surface area contributed by atoms with Crippen molar-refractivity contribution in [2.75, 3.05) is 0 Å². The number of benzene rings is 1. The van der Waals surface area contributed by atoms with Gasteiger partial charge in [-0.15, -0.1) is 0 Å². The fourth-order valence-electron chi connectivity index (χ4n) is 1.03. The first kappa shape index (κ1) is 9.12. The highest BCUT2D eigenvalue weighted by Crippen LogP contribution is 2.24. The van der Waals surface area contributed by atoms with Crippen molar-refractivity contribution in [3.63, 3.8) is 0 Å². The molecule has 1 aliphatic rings. The number of esters is 1. The second kappa shape index (κ2) is 3.36. The van der Waals surface area contributed by atoms with Crippen molar-refractivity contribution < 1.29 is 18.3 Å². The number of carbonyl (C=O) groups excluding carboxylic acids is 1. The van der Waals surface area contributed by atoms with E-state index in [1.165, 1.54) is 6.07 Å². The maximum absolute atomic E-state index is 12.7. The van der Waals surface area contributed by atoms with E-state index in [1.807, 2.05) is 0 Å². The average Bonchev–Trinajstić information content (AvgIpc) is 2.93. The van der Waals surface area contributed by atoms with Crippen LogP contribution in [0.25, 0.3) is 0 Å². The molecule has 0 heterocycles. The Morgan fingerprint density at radius 1 is 1.29 bits per heavy atom. The number of hydrogen-bond donors (Lipinski definition) is 0. The van der Waals surface area contributed by atoms with Crippen LogP contribution in [0, 0.1) is 11.6 Å². The maximum atomic E-state index is 12.7. The summed E-state index contributed by atoms with van der Waals surface area (Å²) in [5.74, 6) is -2.59. The van der Waals surface area contributed by atoms with Gasteiger partial charge in [0.1, 0.15) is 6.10 Å². The molecule has 2 nitrogen and oxygen atoms in total. The minimum atomic E-state index is -1.03. The SMILES string of the molecule is O=C(OC1CC1)c1ccc(F)c(F)c1. The summed E-state index contributed by atoms with van der Waals surface area (Å²) < 4.78 is 30.1. The van der Waals surface area contributed by atoms with Crippen LogP contribution in [0.3, 0.4) is 0 Å². The predicted octanol–water partition coefficient (Wildman–Crippen LogP) is 2.28. The van der Waals surface area contributed by atoms with E-state index in [2.05, 4.69) is 0 Å². The normalized spacial score (nSPS) is 15.3. The van der Waals surface area contributed by atoms with Gasteiger partial charge >= 0.3 is 5.97 Å². The smallest absolute Gasteiger partial charge is 0.338 e. The van der Waals surface area contributed by atoms with Gasteiger partial charge in [0.15, 0.2) is 11.6 Å². The molecule has 0 amide bonds. The van der Waals surface area contributed by atoms with Gasteiger partial charge in [0.2, 0.25) is 0 Å². The Hall–Kier alpha value is -1.45. The van der Waals surface area contributed by atoms with Gasteiger partial charge in [0.25, 0.3) is 0 Å². The molecule has 0 N–H and O–H groups in total. The highest BCUT2D eigenvalue weighted by Gasteiger charge is 2.26. The monoisotopic (exact) mass is 198 g/mol. The molecule has 0 radical (unpaired) electrons. The van der Waals surface area contributed by atoms with E-state index < -0.39 is 17.6 Å². The van der Waals surface area contributed by atoms with Gasteiger partial charge in [0.05, 0.1) is 5.56 Å². The summed E-state index contributed by atoms with van der Waals surface area (Å²) in [6.45, 7) is 0. The Labute approximate surface area is 79.5 Å². The molecule has 1 aliphatic carbocycles. The first-order chi connectivity index (χ1) is 6.66. The van der Waals surface area contributed by atoms with Crippen LogP contribution in [0.1, 0.15) is 23.2 Å². The second-order valence-corrected chi connectivity index (χ2v) is 3.23. The molecule has 0 spiro atoms. The largest absolute Gasteiger partial charge is 0.459 e. The Kier molecular flexibility index (Phi) is 2.19. The third kappa shape index (κ3) is 1.89. The highest BCUT2D eigenvalue weighted by atomic mass is 19.2. The Bertz CT molecular complexity index is 372. The van der Waals surface area contributed by atoms with E-state index in [1.54, 1.807) is 0 Å². The first-order valence-electron chi connectivity index (χ1n) is 4.33. The third-order valence-electron chi connectivity index (χ3n) is 1.95. The molecule has 0 unspecified atom stereocenters. The molecule has 0 atom stereocenters. The quantitative estimate of drug-likeness (QED) is 0.681. The second-order valence-electron chi connectivity index (χ2n) is 3.23. The molecule has 1 aromatic rings. The van der Waals surface area contributed by atoms with Crippen molar-refractivity contribution in [3.8, 4) is 0 Å². The fourth-order valence-corrected chi connectivity index (χ4v) is 1.03. The molecule has 1 aromatic carbocycles. The van der Waals surface area contributed by atoms with Crippen LogP contribution in [0.5, 0.6) is 0 Å². The molecule has 74 valence electrons. The number of rotatable bonds is 2. The number of halogens is 2. The van der Waals surface area contributed by atoms with Crippen molar-refractivity contribution in [2.45, 2.75) is 18.9 Å². The average molecular weight is 198 g/mol. The number of carbonyl (C=O) groups is 1. The molecule has 1 fully saturated rings. The molecule has 1 saturated carbocycles.